The fourth-order valence-corrected chi connectivity index (χ4v) is 12.3. The second-order valence-corrected chi connectivity index (χ2v) is 19.0. The molecule has 0 amide bonds. The Labute approximate surface area is 404 Å². The quantitative estimate of drug-likeness (QED) is 0.122. The lowest BCUT2D eigenvalue weighted by Gasteiger charge is -2.20. The average molecular weight is 883 g/mol. The summed E-state index contributed by atoms with van der Waals surface area (Å²) in [5.74, 6) is 0. The standard InChI is InChI=1S/C70H42/c1-3-19-51-43(15-1)31-37-49-41-65-47(39-63(49)51)17-13-29-61(65)69-57-25-9-5-21-53(57)67(54-22-6-10-26-58(54)69)45-33-35-46(36-34-45)68-55-23-7-11-27-59(55)70(60-28-12-8-24-56(60)68)62-30-14-18-48-40-64-50(42-66(48)62)38-32-44-16-2-4-20-52(44)64/h1-42H. The topological polar surface area (TPSA) is 0 Å². The van der Waals surface area contributed by atoms with Crippen LogP contribution in [0.25, 0.3) is 152 Å². The van der Waals surface area contributed by atoms with Crippen LogP contribution in [0.4, 0.5) is 0 Å². The van der Waals surface area contributed by atoms with Crippen LogP contribution in [-0.2, 0) is 0 Å². The second-order valence-electron chi connectivity index (χ2n) is 19.0. The number of hydrogen-bond acceptors (Lipinski definition) is 0. The third-order valence-electron chi connectivity index (χ3n) is 15.4. The molecule has 0 fully saturated rings. The number of rotatable bonds is 4. The monoisotopic (exact) mass is 882 g/mol. The van der Waals surface area contributed by atoms with Gasteiger partial charge in [-0.05, 0) is 176 Å². The smallest absolute Gasteiger partial charge is 0.00201 e. The van der Waals surface area contributed by atoms with Crippen LogP contribution in [0.3, 0.4) is 0 Å². The van der Waals surface area contributed by atoms with Crippen molar-refractivity contribution in [1.29, 1.82) is 0 Å². The molecule has 0 unspecified atom stereocenters. The van der Waals surface area contributed by atoms with Crippen molar-refractivity contribution in [3.05, 3.63) is 255 Å². The van der Waals surface area contributed by atoms with Crippen molar-refractivity contribution in [2.75, 3.05) is 0 Å². The molecule has 0 radical (unpaired) electrons. The molecule has 0 saturated heterocycles. The molecule has 0 aliphatic rings. The maximum Gasteiger partial charge on any atom is -0.00201 e. The highest BCUT2D eigenvalue weighted by Crippen LogP contribution is 2.49. The van der Waals surface area contributed by atoms with E-state index in [1.54, 1.807) is 0 Å². The molecule has 0 aliphatic carbocycles. The Morgan fingerprint density at radius 2 is 0.400 bits per heavy atom. The molecule has 322 valence electrons. The minimum absolute atomic E-state index is 1.21. The highest BCUT2D eigenvalue weighted by molar-refractivity contribution is 6.27. The van der Waals surface area contributed by atoms with Crippen LogP contribution in [-0.4, -0.2) is 0 Å². The van der Waals surface area contributed by atoms with Gasteiger partial charge in [-0.3, -0.25) is 0 Å². The average Bonchev–Trinajstić information content (AvgIpc) is 3.43. The summed E-state index contributed by atoms with van der Waals surface area (Å²) in [4.78, 5) is 0. The van der Waals surface area contributed by atoms with E-state index in [1.165, 1.54) is 152 Å². The first-order chi connectivity index (χ1) is 34.7. The molecule has 15 aromatic rings. The Kier molecular flexibility index (Phi) is 8.46. The third-order valence-corrected chi connectivity index (χ3v) is 15.4. The van der Waals surface area contributed by atoms with E-state index in [0.717, 1.165) is 0 Å². The molecule has 0 bridgehead atoms. The van der Waals surface area contributed by atoms with E-state index >= 15 is 0 Å². The van der Waals surface area contributed by atoms with E-state index in [4.69, 9.17) is 0 Å². The second kappa shape index (κ2) is 15.2. The summed E-state index contributed by atoms with van der Waals surface area (Å²) >= 11 is 0. The van der Waals surface area contributed by atoms with Gasteiger partial charge in [-0.15, -0.1) is 0 Å². The zero-order valence-corrected chi connectivity index (χ0v) is 38.2. The molecule has 0 heteroatoms. The van der Waals surface area contributed by atoms with Crippen LogP contribution in [0.5, 0.6) is 0 Å². The lowest BCUT2D eigenvalue weighted by atomic mass is 9.83. The van der Waals surface area contributed by atoms with Gasteiger partial charge >= 0.3 is 0 Å². The van der Waals surface area contributed by atoms with Gasteiger partial charge in [0.25, 0.3) is 0 Å². The van der Waals surface area contributed by atoms with Gasteiger partial charge in [-0.1, -0.05) is 231 Å². The van der Waals surface area contributed by atoms with Gasteiger partial charge in [0.2, 0.25) is 0 Å². The molecular weight excluding hydrogens is 841 g/mol. The van der Waals surface area contributed by atoms with E-state index in [-0.39, 0.29) is 0 Å². The molecule has 0 heterocycles. The molecule has 0 N–H and O–H groups in total. The first-order valence-electron chi connectivity index (χ1n) is 24.4. The van der Waals surface area contributed by atoms with Gasteiger partial charge in [0.15, 0.2) is 0 Å². The number of fused-ring (bicyclic) bond motifs is 12. The van der Waals surface area contributed by atoms with E-state index in [0.29, 0.717) is 0 Å². The Hall–Kier alpha value is -9.10. The van der Waals surface area contributed by atoms with Crippen LogP contribution >= 0.6 is 0 Å². The van der Waals surface area contributed by atoms with E-state index in [2.05, 4.69) is 255 Å². The zero-order chi connectivity index (χ0) is 45.9. The summed E-state index contributed by atoms with van der Waals surface area (Å²) in [5.41, 5.74) is 10.0. The molecule has 0 saturated carbocycles. The lowest BCUT2D eigenvalue weighted by molar-refractivity contribution is 1.64. The summed E-state index contributed by atoms with van der Waals surface area (Å²) in [6.45, 7) is 0. The van der Waals surface area contributed by atoms with Gasteiger partial charge < -0.3 is 0 Å². The highest BCUT2D eigenvalue weighted by atomic mass is 14.2. The highest BCUT2D eigenvalue weighted by Gasteiger charge is 2.21. The fraction of sp³-hybridized carbons (Fsp3) is 0. The third kappa shape index (κ3) is 5.78. The van der Waals surface area contributed by atoms with Gasteiger partial charge in [0.1, 0.15) is 0 Å². The first kappa shape index (κ1) is 38.9. The van der Waals surface area contributed by atoms with Crippen LogP contribution in [0.2, 0.25) is 0 Å². The molecule has 0 aromatic heterocycles. The Bertz CT molecular complexity index is 4270. The maximum absolute atomic E-state index is 2.41. The SMILES string of the molecule is c1cc(-c2c3ccccc3c(-c3ccc(-c4c5ccccc5c(-c5cccc6cc7c(ccc8ccccc87)cc56)c5ccccc45)cc3)c3ccccc23)c2cc3ccc4ccccc4c3cc2c1. The van der Waals surface area contributed by atoms with Gasteiger partial charge in [0.05, 0.1) is 0 Å². The lowest BCUT2D eigenvalue weighted by Crippen LogP contribution is -1.93. The summed E-state index contributed by atoms with van der Waals surface area (Å²) < 4.78 is 0. The molecular formula is C70H42. The van der Waals surface area contributed by atoms with E-state index < -0.39 is 0 Å². The van der Waals surface area contributed by atoms with Crippen molar-refractivity contribution < 1.29 is 0 Å². The van der Waals surface area contributed by atoms with Gasteiger partial charge in [-0.2, -0.15) is 0 Å². The minimum atomic E-state index is 1.21. The molecule has 15 aromatic carbocycles. The largest absolute Gasteiger partial charge is 0.0616 e. The summed E-state index contributed by atoms with van der Waals surface area (Å²) in [5, 5.41) is 25.3. The summed E-state index contributed by atoms with van der Waals surface area (Å²) in [6.07, 6.45) is 0. The van der Waals surface area contributed by atoms with Crippen LogP contribution < -0.4 is 0 Å². The van der Waals surface area contributed by atoms with Crippen LogP contribution in [0.15, 0.2) is 255 Å². The molecule has 0 nitrogen and oxygen atoms in total. The molecule has 70 heavy (non-hydrogen) atoms. The predicted octanol–water partition coefficient (Wildman–Crippen LogP) is 19.9. The number of benzene rings is 15. The Morgan fingerprint density at radius 1 is 0.143 bits per heavy atom. The normalized spacial score (nSPS) is 12.0. The Balaban J connectivity index is 0.907. The van der Waals surface area contributed by atoms with E-state index in [1.807, 2.05) is 0 Å². The molecule has 0 atom stereocenters. The molecule has 15 rings (SSSR count). The van der Waals surface area contributed by atoms with E-state index in [9.17, 15) is 0 Å². The summed E-state index contributed by atoms with van der Waals surface area (Å²) in [6, 6.07) is 95.3. The van der Waals surface area contributed by atoms with Crippen molar-refractivity contribution >= 4 is 108 Å². The van der Waals surface area contributed by atoms with Gasteiger partial charge in [0, 0.05) is 0 Å². The zero-order valence-electron chi connectivity index (χ0n) is 38.2. The van der Waals surface area contributed by atoms with Crippen molar-refractivity contribution in [2.24, 2.45) is 0 Å². The maximum atomic E-state index is 2.41. The fourth-order valence-electron chi connectivity index (χ4n) is 12.3. The Morgan fingerprint density at radius 3 is 0.757 bits per heavy atom. The van der Waals surface area contributed by atoms with Crippen molar-refractivity contribution in [1.82, 2.24) is 0 Å². The van der Waals surface area contributed by atoms with Crippen molar-refractivity contribution in [3.8, 4) is 44.5 Å². The van der Waals surface area contributed by atoms with Crippen molar-refractivity contribution in [2.45, 2.75) is 0 Å². The first-order valence-corrected chi connectivity index (χ1v) is 24.4. The van der Waals surface area contributed by atoms with Crippen molar-refractivity contribution in [3.63, 3.8) is 0 Å². The number of hydrogen-bond donors (Lipinski definition) is 0. The molecule has 0 spiro atoms. The predicted molar refractivity (Wildman–Crippen MR) is 303 cm³/mol. The summed E-state index contributed by atoms with van der Waals surface area (Å²) in [7, 11) is 0. The van der Waals surface area contributed by atoms with Crippen LogP contribution in [0.1, 0.15) is 0 Å². The van der Waals surface area contributed by atoms with Gasteiger partial charge in [-0.25, -0.2) is 0 Å². The van der Waals surface area contributed by atoms with Crippen LogP contribution in [0, 0.1) is 0 Å². The minimum Gasteiger partial charge on any atom is -0.0616 e. The molecule has 0 aliphatic heterocycles.